The van der Waals surface area contributed by atoms with Gasteiger partial charge in [0.15, 0.2) is 5.82 Å². The highest BCUT2D eigenvalue weighted by molar-refractivity contribution is 5.83. The molecule has 7 heteroatoms. The van der Waals surface area contributed by atoms with Crippen molar-refractivity contribution in [2.75, 3.05) is 0 Å². The molecule has 3 rings (SSSR count). The number of ether oxygens (including phenoxy) is 1. The van der Waals surface area contributed by atoms with Crippen molar-refractivity contribution < 1.29 is 14.1 Å². The third-order valence-electron chi connectivity index (χ3n) is 3.63. The van der Waals surface area contributed by atoms with E-state index in [1.54, 1.807) is 6.92 Å². The summed E-state index contributed by atoms with van der Waals surface area (Å²) in [5.41, 5.74) is 1.50. The molecule has 132 valence electrons. The van der Waals surface area contributed by atoms with Crippen LogP contribution in [0.3, 0.4) is 0 Å². The van der Waals surface area contributed by atoms with E-state index in [4.69, 9.17) is 9.26 Å². The van der Waals surface area contributed by atoms with Gasteiger partial charge in [0.2, 0.25) is 5.89 Å². The third-order valence-corrected chi connectivity index (χ3v) is 3.63. The zero-order valence-corrected chi connectivity index (χ0v) is 14.8. The molecule has 3 aromatic rings. The minimum atomic E-state index is -0.583. The van der Waals surface area contributed by atoms with Gasteiger partial charge in [-0.1, -0.05) is 23.4 Å². The van der Waals surface area contributed by atoms with Crippen LogP contribution >= 0.6 is 0 Å². The van der Waals surface area contributed by atoms with E-state index < -0.39 is 17.7 Å². The third kappa shape index (κ3) is 4.17. The molecule has 0 unspecified atom stereocenters. The molecule has 2 heterocycles. The summed E-state index contributed by atoms with van der Waals surface area (Å²) in [7, 11) is 0. The Balaban J connectivity index is 1.85. The molecule has 0 saturated carbocycles. The standard InChI is InChI=1S/C18H22N4O3/c1-11-20-16(25-22-11)15(21-17(23)24-18(2,3)4)9-12-10-19-14-8-6-5-7-13(12)14/h5-8,10,15,19H,9H2,1-4H3,(H,21,23)/t15-/m1/s1. The number of amides is 1. The molecule has 1 amide bonds. The van der Waals surface area contributed by atoms with Crippen LogP contribution in [0, 0.1) is 6.92 Å². The quantitative estimate of drug-likeness (QED) is 0.754. The minimum absolute atomic E-state index is 0.355. The lowest BCUT2D eigenvalue weighted by atomic mass is 10.0. The van der Waals surface area contributed by atoms with Crippen LogP contribution < -0.4 is 5.32 Å². The number of nitrogens with one attached hydrogen (secondary N) is 2. The van der Waals surface area contributed by atoms with Gasteiger partial charge in [-0.25, -0.2) is 4.79 Å². The number of alkyl carbamates (subject to hydrolysis) is 1. The Kier molecular flexibility index (Phi) is 4.48. The molecule has 2 aromatic heterocycles. The first-order valence-corrected chi connectivity index (χ1v) is 8.16. The van der Waals surface area contributed by atoms with Gasteiger partial charge in [-0.15, -0.1) is 0 Å². The lowest BCUT2D eigenvalue weighted by Crippen LogP contribution is -2.36. The number of hydrogen-bond donors (Lipinski definition) is 2. The van der Waals surface area contributed by atoms with Gasteiger partial charge in [0.05, 0.1) is 0 Å². The Morgan fingerprint density at radius 3 is 2.80 bits per heavy atom. The maximum Gasteiger partial charge on any atom is 0.408 e. The molecular weight excluding hydrogens is 320 g/mol. The van der Waals surface area contributed by atoms with Gasteiger partial charge < -0.3 is 19.6 Å². The second-order valence-electron chi connectivity index (χ2n) is 6.94. The maximum absolute atomic E-state index is 12.2. The second-order valence-corrected chi connectivity index (χ2v) is 6.94. The summed E-state index contributed by atoms with van der Waals surface area (Å²) >= 11 is 0. The highest BCUT2D eigenvalue weighted by Crippen LogP contribution is 2.24. The fourth-order valence-electron chi connectivity index (χ4n) is 2.62. The molecule has 0 aliphatic rings. The number of rotatable bonds is 4. The lowest BCUT2D eigenvalue weighted by Gasteiger charge is -2.22. The molecule has 2 N–H and O–H groups in total. The Labute approximate surface area is 145 Å². The van der Waals surface area contributed by atoms with E-state index in [1.165, 1.54) is 0 Å². The Morgan fingerprint density at radius 1 is 1.36 bits per heavy atom. The molecule has 0 saturated heterocycles. The van der Waals surface area contributed by atoms with Gasteiger partial charge in [0.25, 0.3) is 0 Å². The number of H-pyrrole nitrogens is 1. The Bertz CT molecular complexity index is 876. The molecule has 0 aliphatic heterocycles. The Hall–Kier alpha value is -2.83. The fraction of sp³-hybridized carbons (Fsp3) is 0.389. The summed E-state index contributed by atoms with van der Waals surface area (Å²) in [6.45, 7) is 7.19. The van der Waals surface area contributed by atoms with Gasteiger partial charge >= 0.3 is 6.09 Å². The molecule has 25 heavy (non-hydrogen) atoms. The first-order chi connectivity index (χ1) is 11.8. The van der Waals surface area contributed by atoms with Gasteiger partial charge in [-0.2, -0.15) is 4.98 Å². The van der Waals surface area contributed by atoms with Crippen molar-refractivity contribution in [2.24, 2.45) is 0 Å². The molecule has 0 spiro atoms. The molecule has 0 radical (unpaired) electrons. The van der Waals surface area contributed by atoms with E-state index in [0.717, 1.165) is 16.5 Å². The van der Waals surface area contributed by atoms with Gasteiger partial charge in [0, 0.05) is 23.5 Å². The van der Waals surface area contributed by atoms with Crippen molar-refractivity contribution in [3.8, 4) is 0 Å². The summed E-state index contributed by atoms with van der Waals surface area (Å²) in [4.78, 5) is 19.7. The molecule has 0 bridgehead atoms. The van der Waals surface area contributed by atoms with Crippen LogP contribution in [-0.2, 0) is 11.2 Å². The van der Waals surface area contributed by atoms with Crippen molar-refractivity contribution in [3.05, 3.63) is 47.7 Å². The number of para-hydroxylation sites is 1. The van der Waals surface area contributed by atoms with E-state index in [0.29, 0.717) is 18.1 Å². The van der Waals surface area contributed by atoms with Crippen LogP contribution in [0.4, 0.5) is 4.79 Å². The maximum atomic E-state index is 12.2. The number of carbonyl (C=O) groups is 1. The van der Waals surface area contributed by atoms with Crippen molar-refractivity contribution in [2.45, 2.75) is 45.8 Å². The number of benzene rings is 1. The second kappa shape index (κ2) is 6.58. The highest BCUT2D eigenvalue weighted by atomic mass is 16.6. The van der Waals surface area contributed by atoms with Crippen LogP contribution in [0.15, 0.2) is 35.0 Å². The summed E-state index contributed by atoms with van der Waals surface area (Å²) in [5.74, 6) is 0.874. The van der Waals surface area contributed by atoms with Crippen LogP contribution in [0.2, 0.25) is 0 Å². The minimum Gasteiger partial charge on any atom is -0.444 e. The molecule has 0 fully saturated rings. The molecule has 7 nitrogen and oxygen atoms in total. The smallest absolute Gasteiger partial charge is 0.408 e. The topological polar surface area (TPSA) is 93.0 Å². The summed E-state index contributed by atoms with van der Waals surface area (Å²) in [6, 6.07) is 7.51. The zero-order valence-electron chi connectivity index (χ0n) is 14.8. The summed E-state index contributed by atoms with van der Waals surface area (Å²) < 4.78 is 10.6. The molecule has 0 aliphatic carbocycles. The first-order valence-electron chi connectivity index (χ1n) is 8.16. The van der Waals surface area contributed by atoms with Gasteiger partial charge in [0.1, 0.15) is 11.6 Å². The zero-order chi connectivity index (χ0) is 18.0. The fourth-order valence-corrected chi connectivity index (χ4v) is 2.62. The van der Waals surface area contributed by atoms with E-state index in [1.807, 2.05) is 51.2 Å². The average molecular weight is 342 g/mol. The summed E-state index contributed by atoms with van der Waals surface area (Å²) in [6.07, 6.45) is 1.91. The largest absolute Gasteiger partial charge is 0.444 e. The van der Waals surface area contributed by atoms with Gasteiger partial charge in [-0.05, 0) is 39.3 Å². The molecule has 1 atom stereocenters. The summed E-state index contributed by atoms with van der Waals surface area (Å²) in [5, 5.41) is 7.75. The lowest BCUT2D eigenvalue weighted by molar-refractivity contribution is 0.0493. The van der Waals surface area contributed by atoms with Crippen LogP contribution in [0.1, 0.15) is 44.1 Å². The number of nitrogens with zero attached hydrogens (tertiary/aromatic N) is 2. The SMILES string of the molecule is Cc1noc([C@@H](Cc2c[nH]c3ccccc23)NC(=O)OC(C)(C)C)n1. The van der Waals surface area contributed by atoms with E-state index in [2.05, 4.69) is 20.4 Å². The van der Waals surface area contributed by atoms with Crippen molar-refractivity contribution in [1.29, 1.82) is 0 Å². The monoisotopic (exact) mass is 342 g/mol. The molecular formula is C18H22N4O3. The predicted molar refractivity (Wildman–Crippen MR) is 93.1 cm³/mol. The van der Waals surface area contributed by atoms with Crippen molar-refractivity contribution in [3.63, 3.8) is 0 Å². The number of carbonyl (C=O) groups excluding carboxylic acids is 1. The van der Waals surface area contributed by atoms with Crippen molar-refractivity contribution in [1.82, 2.24) is 20.4 Å². The van der Waals surface area contributed by atoms with E-state index >= 15 is 0 Å². The predicted octanol–water partition coefficient (Wildman–Crippen LogP) is 3.67. The van der Waals surface area contributed by atoms with E-state index in [-0.39, 0.29) is 0 Å². The van der Waals surface area contributed by atoms with Crippen LogP contribution in [0.5, 0.6) is 0 Å². The molecule has 1 aromatic carbocycles. The number of hydrogen-bond acceptors (Lipinski definition) is 5. The first kappa shape index (κ1) is 17.0. The van der Waals surface area contributed by atoms with Crippen LogP contribution in [-0.4, -0.2) is 26.8 Å². The highest BCUT2D eigenvalue weighted by Gasteiger charge is 2.25. The van der Waals surface area contributed by atoms with Crippen LogP contribution in [0.25, 0.3) is 10.9 Å². The van der Waals surface area contributed by atoms with E-state index in [9.17, 15) is 4.79 Å². The number of aromatic amines is 1. The normalized spacial score (nSPS) is 13.0. The number of fused-ring (bicyclic) bond motifs is 1. The number of aromatic nitrogens is 3. The number of aryl methyl sites for hydroxylation is 1. The van der Waals surface area contributed by atoms with Crippen molar-refractivity contribution >= 4 is 17.0 Å². The Morgan fingerprint density at radius 2 is 2.12 bits per heavy atom. The van der Waals surface area contributed by atoms with Gasteiger partial charge in [-0.3, -0.25) is 0 Å². The average Bonchev–Trinajstić information content (AvgIpc) is 3.12.